The number of sulfonamides is 1. The zero-order valence-corrected chi connectivity index (χ0v) is 15.9. The first-order chi connectivity index (χ1) is 11.9. The van der Waals surface area contributed by atoms with Gasteiger partial charge in [-0.25, -0.2) is 8.42 Å². The molecule has 1 atom stereocenters. The topological polar surface area (TPSA) is 75.7 Å². The van der Waals surface area contributed by atoms with Crippen molar-refractivity contribution in [2.45, 2.75) is 17.4 Å². The minimum Gasteiger partial charge on any atom is -0.497 e. The summed E-state index contributed by atoms with van der Waals surface area (Å²) in [5.41, 5.74) is 0.718. The van der Waals surface area contributed by atoms with Crippen LogP contribution in [0.5, 0.6) is 5.75 Å². The number of nitrogens with zero attached hydrogens (tertiary/aromatic N) is 1. The van der Waals surface area contributed by atoms with Crippen molar-refractivity contribution in [1.29, 1.82) is 0 Å². The molecule has 1 fully saturated rings. The highest BCUT2D eigenvalue weighted by Crippen LogP contribution is 2.25. The van der Waals surface area contributed by atoms with Gasteiger partial charge in [-0.2, -0.15) is 4.72 Å². The Morgan fingerprint density at radius 1 is 1.20 bits per heavy atom. The molecule has 0 bridgehead atoms. The van der Waals surface area contributed by atoms with Crippen molar-refractivity contribution >= 4 is 37.5 Å². The van der Waals surface area contributed by atoms with Gasteiger partial charge in [-0.1, -0.05) is 22.0 Å². The van der Waals surface area contributed by atoms with Crippen LogP contribution in [0.2, 0.25) is 0 Å². The molecule has 1 aliphatic rings. The van der Waals surface area contributed by atoms with Gasteiger partial charge < -0.3 is 9.64 Å². The van der Waals surface area contributed by atoms with E-state index < -0.39 is 16.1 Å². The van der Waals surface area contributed by atoms with E-state index in [1.54, 1.807) is 48.4 Å². The van der Waals surface area contributed by atoms with Crippen LogP contribution in [-0.4, -0.2) is 34.0 Å². The van der Waals surface area contributed by atoms with E-state index in [4.69, 9.17) is 4.74 Å². The van der Waals surface area contributed by atoms with Gasteiger partial charge in [0.05, 0.1) is 12.0 Å². The average molecular weight is 425 g/mol. The van der Waals surface area contributed by atoms with E-state index in [2.05, 4.69) is 20.7 Å². The van der Waals surface area contributed by atoms with Crippen molar-refractivity contribution in [1.82, 2.24) is 4.72 Å². The Bertz CT molecular complexity index is 884. The highest BCUT2D eigenvalue weighted by Gasteiger charge is 2.35. The van der Waals surface area contributed by atoms with Gasteiger partial charge in [0.25, 0.3) is 0 Å². The van der Waals surface area contributed by atoms with Crippen LogP contribution in [0.4, 0.5) is 5.69 Å². The van der Waals surface area contributed by atoms with Crippen molar-refractivity contribution in [3.63, 3.8) is 0 Å². The fourth-order valence-corrected chi connectivity index (χ4v) is 4.52. The number of halogens is 1. The predicted molar refractivity (Wildman–Crippen MR) is 98.2 cm³/mol. The quantitative estimate of drug-likeness (QED) is 0.799. The Morgan fingerprint density at radius 2 is 1.92 bits per heavy atom. The maximum Gasteiger partial charge on any atom is 0.245 e. The molecular formula is C17H17BrN2O4S. The third-order valence-electron chi connectivity index (χ3n) is 3.99. The Kier molecular flexibility index (Phi) is 5.12. The Labute approximate surface area is 155 Å². The van der Waals surface area contributed by atoms with E-state index in [1.165, 1.54) is 12.1 Å². The molecule has 0 spiro atoms. The molecule has 6 nitrogen and oxygen atoms in total. The first kappa shape index (κ1) is 17.9. The zero-order chi connectivity index (χ0) is 18.0. The van der Waals surface area contributed by atoms with Gasteiger partial charge in [-0.15, -0.1) is 0 Å². The maximum atomic E-state index is 12.6. The van der Waals surface area contributed by atoms with E-state index in [1.807, 2.05) is 0 Å². The van der Waals surface area contributed by atoms with E-state index >= 15 is 0 Å². The molecule has 132 valence electrons. The van der Waals surface area contributed by atoms with Crippen molar-refractivity contribution in [2.24, 2.45) is 0 Å². The first-order valence-corrected chi connectivity index (χ1v) is 9.91. The molecule has 0 unspecified atom stereocenters. The molecule has 2 aromatic carbocycles. The van der Waals surface area contributed by atoms with E-state index in [-0.39, 0.29) is 10.8 Å². The molecule has 8 heteroatoms. The Morgan fingerprint density at radius 3 is 2.56 bits per heavy atom. The van der Waals surface area contributed by atoms with Crippen molar-refractivity contribution in [2.75, 3.05) is 18.6 Å². The summed E-state index contributed by atoms with van der Waals surface area (Å²) in [6, 6.07) is 12.7. The lowest BCUT2D eigenvalue weighted by Gasteiger charge is -2.17. The third kappa shape index (κ3) is 3.86. The third-order valence-corrected chi connectivity index (χ3v) is 5.96. The van der Waals surface area contributed by atoms with E-state index in [0.717, 1.165) is 5.69 Å². The van der Waals surface area contributed by atoms with Crippen LogP contribution >= 0.6 is 15.9 Å². The SMILES string of the molecule is COc1ccc(N2CC[C@H](NS(=O)(=O)c3cccc(Br)c3)C2=O)cc1. The number of rotatable bonds is 5. The van der Waals surface area contributed by atoms with E-state index in [0.29, 0.717) is 23.2 Å². The molecule has 0 radical (unpaired) electrons. The fraction of sp³-hybridized carbons (Fsp3) is 0.235. The summed E-state index contributed by atoms with van der Waals surface area (Å²) in [4.78, 5) is 14.3. The molecule has 1 saturated heterocycles. The number of methoxy groups -OCH3 is 1. The van der Waals surface area contributed by atoms with Crippen LogP contribution < -0.4 is 14.4 Å². The summed E-state index contributed by atoms with van der Waals surface area (Å²) in [5.74, 6) is 0.436. The number of benzene rings is 2. The monoisotopic (exact) mass is 424 g/mol. The summed E-state index contributed by atoms with van der Waals surface area (Å²) in [7, 11) is -2.19. The van der Waals surface area contributed by atoms with Gasteiger partial charge in [0.15, 0.2) is 0 Å². The lowest BCUT2D eigenvalue weighted by atomic mass is 10.2. The van der Waals surface area contributed by atoms with Gasteiger partial charge in [0.2, 0.25) is 15.9 Å². The van der Waals surface area contributed by atoms with Gasteiger partial charge in [0, 0.05) is 16.7 Å². The number of hydrogen-bond acceptors (Lipinski definition) is 4. The van der Waals surface area contributed by atoms with Crippen LogP contribution in [0.15, 0.2) is 57.9 Å². The summed E-state index contributed by atoms with van der Waals surface area (Å²) in [6.07, 6.45) is 0.415. The van der Waals surface area contributed by atoms with Crippen LogP contribution in [0, 0.1) is 0 Å². The lowest BCUT2D eigenvalue weighted by Crippen LogP contribution is -2.41. The van der Waals surface area contributed by atoms with Crippen molar-refractivity contribution in [3.8, 4) is 5.75 Å². The van der Waals surface area contributed by atoms with Crippen molar-refractivity contribution < 1.29 is 17.9 Å². The van der Waals surface area contributed by atoms with Crippen LogP contribution in [0.1, 0.15) is 6.42 Å². The van der Waals surface area contributed by atoms with Gasteiger partial charge in [-0.05, 0) is 48.9 Å². The molecule has 0 aromatic heterocycles. The van der Waals surface area contributed by atoms with Gasteiger partial charge in [0.1, 0.15) is 11.8 Å². The highest BCUT2D eigenvalue weighted by molar-refractivity contribution is 9.10. The summed E-state index contributed by atoms with van der Waals surface area (Å²) in [6.45, 7) is 0.455. The second-order valence-corrected chi connectivity index (χ2v) is 8.24. The summed E-state index contributed by atoms with van der Waals surface area (Å²) >= 11 is 3.25. The number of amides is 1. The lowest BCUT2D eigenvalue weighted by molar-refractivity contribution is -0.118. The fourth-order valence-electron chi connectivity index (χ4n) is 2.70. The smallest absolute Gasteiger partial charge is 0.245 e. The molecule has 25 heavy (non-hydrogen) atoms. The largest absolute Gasteiger partial charge is 0.497 e. The summed E-state index contributed by atoms with van der Waals surface area (Å²) in [5, 5.41) is 0. The molecule has 1 aliphatic heterocycles. The molecular weight excluding hydrogens is 408 g/mol. The molecule has 2 aromatic rings. The molecule has 1 N–H and O–H groups in total. The first-order valence-electron chi connectivity index (χ1n) is 7.64. The molecule has 3 rings (SSSR count). The predicted octanol–water partition coefficient (Wildman–Crippen LogP) is 2.54. The van der Waals surface area contributed by atoms with Crippen molar-refractivity contribution in [3.05, 3.63) is 53.0 Å². The molecule has 0 aliphatic carbocycles. The standard InChI is InChI=1S/C17H17BrN2O4S/c1-24-14-7-5-13(6-8-14)20-10-9-16(17(20)21)19-25(22,23)15-4-2-3-12(18)11-15/h2-8,11,16,19H,9-10H2,1H3/t16-/m0/s1. The Balaban J connectivity index is 1.75. The second-order valence-electron chi connectivity index (χ2n) is 5.61. The normalized spacial score (nSPS) is 17.8. The number of ether oxygens (including phenoxy) is 1. The number of anilines is 1. The molecule has 0 saturated carbocycles. The maximum absolute atomic E-state index is 12.6. The van der Waals surface area contributed by atoms with Gasteiger partial charge in [-0.3, -0.25) is 4.79 Å². The van der Waals surface area contributed by atoms with Gasteiger partial charge >= 0.3 is 0 Å². The van der Waals surface area contributed by atoms with Crippen LogP contribution in [-0.2, 0) is 14.8 Å². The minimum atomic E-state index is -3.76. The number of nitrogens with one attached hydrogen (secondary N) is 1. The Hall–Kier alpha value is -1.90. The van der Waals surface area contributed by atoms with Crippen LogP contribution in [0.3, 0.4) is 0 Å². The number of hydrogen-bond donors (Lipinski definition) is 1. The number of carbonyl (C=O) groups is 1. The summed E-state index contributed by atoms with van der Waals surface area (Å²) < 4.78 is 33.3. The zero-order valence-electron chi connectivity index (χ0n) is 13.5. The van der Waals surface area contributed by atoms with Crippen LogP contribution in [0.25, 0.3) is 0 Å². The second kappa shape index (κ2) is 7.15. The molecule has 1 amide bonds. The number of carbonyl (C=O) groups excluding carboxylic acids is 1. The van der Waals surface area contributed by atoms with E-state index in [9.17, 15) is 13.2 Å². The minimum absolute atomic E-state index is 0.123. The molecule has 1 heterocycles. The highest BCUT2D eigenvalue weighted by atomic mass is 79.9. The average Bonchev–Trinajstić information content (AvgIpc) is 2.95.